The summed E-state index contributed by atoms with van der Waals surface area (Å²) in [6.07, 6.45) is 6.82. The van der Waals surface area contributed by atoms with Gasteiger partial charge in [0.1, 0.15) is 6.61 Å². The van der Waals surface area contributed by atoms with Gasteiger partial charge in [-0.15, -0.1) is 0 Å². The third-order valence-corrected chi connectivity index (χ3v) is 3.36. The minimum atomic E-state index is -0.296. The van der Waals surface area contributed by atoms with Crippen molar-refractivity contribution in [1.29, 1.82) is 0 Å². The Morgan fingerprint density at radius 2 is 1.94 bits per heavy atom. The van der Waals surface area contributed by atoms with E-state index in [-0.39, 0.29) is 11.6 Å². The summed E-state index contributed by atoms with van der Waals surface area (Å²) in [5.74, 6) is 0. The van der Waals surface area contributed by atoms with E-state index in [0.29, 0.717) is 13.2 Å². The van der Waals surface area contributed by atoms with Crippen LogP contribution in [0.3, 0.4) is 0 Å². The molecule has 0 aromatic carbocycles. The van der Waals surface area contributed by atoms with Crippen molar-refractivity contribution in [2.45, 2.75) is 57.9 Å². The van der Waals surface area contributed by atoms with Gasteiger partial charge in [-0.2, -0.15) is 0 Å². The summed E-state index contributed by atoms with van der Waals surface area (Å²) < 4.78 is 5.31. The summed E-state index contributed by atoms with van der Waals surface area (Å²) in [6, 6.07) is 0. The highest BCUT2D eigenvalue weighted by Crippen LogP contribution is 2.28. The highest BCUT2D eigenvalue weighted by molar-refractivity contribution is 5.67. The van der Waals surface area contributed by atoms with Gasteiger partial charge in [0.2, 0.25) is 0 Å². The second kappa shape index (κ2) is 7.54. The summed E-state index contributed by atoms with van der Waals surface area (Å²) in [7, 11) is 0. The molecule has 1 fully saturated rings. The van der Waals surface area contributed by atoms with Crippen LogP contribution < -0.4 is 10.6 Å². The third-order valence-electron chi connectivity index (χ3n) is 3.36. The molecule has 1 aliphatic rings. The van der Waals surface area contributed by atoms with Crippen molar-refractivity contribution in [2.75, 3.05) is 19.7 Å². The van der Waals surface area contributed by atoms with Crippen LogP contribution in [0.2, 0.25) is 0 Å². The maximum Gasteiger partial charge on any atom is 0.407 e. The van der Waals surface area contributed by atoms with Crippen molar-refractivity contribution in [3.8, 4) is 0 Å². The molecule has 0 radical (unpaired) electrons. The largest absolute Gasteiger partial charge is 0.448 e. The molecule has 0 unspecified atom stereocenters. The number of carbonyl (C=O) groups is 1. The molecule has 0 saturated heterocycles. The molecular weight excluding hydrogens is 216 g/mol. The average molecular weight is 242 g/mol. The van der Waals surface area contributed by atoms with Gasteiger partial charge in [0.15, 0.2) is 0 Å². The lowest BCUT2D eigenvalue weighted by molar-refractivity contribution is 0.0831. The van der Waals surface area contributed by atoms with E-state index < -0.39 is 0 Å². The van der Waals surface area contributed by atoms with Gasteiger partial charge in [-0.1, -0.05) is 26.2 Å². The first-order valence-corrected chi connectivity index (χ1v) is 6.88. The van der Waals surface area contributed by atoms with Gasteiger partial charge < -0.3 is 15.4 Å². The molecule has 0 atom stereocenters. The Morgan fingerprint density at radius 3 is 2.53 bits per heavy atom. The van der Waals surface area contributed by atoms with Crippen molar-refractivity contribution in [3.05, 3.63) is 0 Å². The highest BCUT2D eigenvalue weighted by atomic mass is 16.5. The molecule has 2 N–H and O–H groups in total. The summed E-state index contributed by atoms with van der Waals surface area (Å²) in [5.41, 5.74) is 0.0271. The van der Waals surface area contributed by atoms with E-state index in [1.165, 1.54) is 19.3 Å². The number of rotatable bonds is 6. The van der Waals surface area contributed by atoms with Gasteiger partial charge >= 0.3 is 6.09 Å². The first-order chi connectivity index (χ1) is 8.22. The van der Waals surface area contributed by atoms with E-state index in [2.05, 4.69) is 17.6 Å². The van der Waals surface area contributed by atoms with Crippen LogP contribution in [0.1, 0.15) is 52.4 Å². The number of hydrogen-bond donors (Lipinski definition) is 2. The van der Waals surface area contributed by atoms with Crippen LogP contribution in [-0.2, 0) is 4.74 Å². The fourth-order valence-corrected chi connectivity index (χ4v) is 2.39. The summed E-state index contributed by atoms with van der Waals surface area (Å²) in [5, 5.41) is 6.25. The fraction of sp³-hybridized carbons (Fsp3) is 0.923. The van der Waals surface area contributed by atoms with Crippen LogP contribution >= 0.6 is 0 Å². The van der Waals surface area contributed by atoms with E-state index in [0.717, 1.165) is 25.8 Å². The Bertz CT molecular complexity index is 225. The molecule has 1 aliphatic carbocycles. The standard InChI is InChI=1S/C13H26N2O2/c1-3-10-15-13(8-6-5-7-9-13)11-17-12(16)14-4-2/h15H,3-11H2,1-2H3,(H,14,16). The van der Waals surface area contributed by atoms with Crippen LogP contribution in [0, 0.1) is 0 Å². The van der Waals surface area contributed by atoms with E-state index in [9.17, 15) is 4.79 Å². The number of carbonyl (C=O) groups excluding carboxylic acids is 1. The minimum Gasteiger partial charge on any atom is -0.448 e. The lowest BCUT2D eigenvalue weighted by atomic mass is 9.82. The zero-order valence-corrected chi connectivity index (χ0v) is 11.2. The molecule has 1 saturated carbocycles. The maximum atomic E-state index is 11.3. The quantitative estimate of drug-likeness (QED) is 0.752. The number of alkyl carbamates (subject to hydrolysis) is 1. The lowest BCUT2D eigenvalue weighted by Gasteiger charge is -2.37. The second-order valence-corrected chi connectivity index (χ2v) is 4.87. The maximum absolute atomic E-state index is 11.3. The normalized spacial score (nSPS) is 18.7. The smallest absolute Gasteiger partial charge is 0.407 e. The van der Waals surface area contributed by atoms with Gasteiger partial charge in [-0.05, 0) is 32.7 Å². The van der Waals surface area contributed by atoms with Crippen LogP contribution in [0.5, 0.6) is 0 Å². The molecule has 0 aromatic heterocycles. The van der Waals surface area contributed by atoms with E-state index >= 15 is 0 Å². The summed E-state index contributed by atoms with van der Waals surface area (Å²) in [6.45, 7) is 6.17. The topological polar surface area (TPSA) is 50.4 Å². The summed E-state index contributed by atoms with van der Waals surface area (Å²) in [4.78, 5) is 11.3. The lowest BCUT2D eigenvalue weighted by Crippen LogP contribution is -2.51. The Kier molecular flexibility index (Phi) is 6.34. The van der Waals surface area contributed by atoms with Crippen LogP contribution in [-0.4, -0.2) is 31.3 Å². The molecular formula is C13H26N2O2. The average Bonchev–Trinajstić information content (AvgIpc) is 2.36. The Labute approximate surface area is 104 Å². The van der Waals surface area contributed by atoms with Crippen LogP contribution in [0.15, 0.2) is 0 Å². The zero-order valence-electron chi connectivity index (χ0n) is 11.2. The predicted octanol–water partition coefficient (Wildman–Crippen LogP) is 2.43. The molecule has 0 aromatic rings. The molecule has 4 nitrogen and oxygen atoms in total. The van der Waals surface area contributed by atoms with Crippen molar-refractivity contribution >= 4 is 6.09 Å². The number of hydrogen-bond acceptors (Lipinski definition) is 3. The van der Waals surface area contributed by atoms with Gasteiger partial charge in [-0.3, -0.25) is 0 Å². The summed E-state index contributed by atoms with van der Waals surface area (Å²) >= 11 is 0. The van der Waals surface area contributed by atoms with Crippen LogP contribution in [0.25, 0.3) is 0 Å². The molecule has 0 bridgehead atoms. The number of amides is 1. The van der Waals surface area contributed by atoms with Crippen molar-refractivity contribution in [2.24, 2.45) is 0 Å². The highest BCUT2D eigenvalue weighted by Gasteiger charge is 2.32. The minimum absolute atomic E-state index is 0.0271. The molecule has 4 heteroatoms. The second-order valence-electron chi connectivity index (χ2n) is 4.87. The van der Waals surface area contributed by atoms with Gasteiger partial charge in [-0.25, -0.2) is 4.79 Å². The molecule has 0 heterocycles. The van der Waals surface area contributed by atoms with Crippen molar-refractivity contribution in [1.82, 2.24) is 10.6 Å². The molecule has 17 heavy (non-hydrogen) atoms. The van der Waals surface area contributed by atoms with E-state index in [4.69, 9.17) is 4.74 Å². The monoisotopic (exact) mass is 242 g/mol. The molecule has 0 spiro atoms. The first kappa shape index (κ1) is 14.3. The van der Waals surface area contributed by atoms with Gasteiger partial charge in [0.05, 0.1) is 5.54 Å². The predicted molar refractivity (Wildman–Crippen MR) is 69.1 cm³/mol. The van der Waals surface area contributed by atoms with E-state index in [1.54, 1.807) is 0 Å². The number of ether oxygens (including phenoxy) is 1. The Morgan fingerprint density at radius 1 is 1.24 bits per heavy atom. The zero-order chi connectivity index (χ0) is 12.6. The van der Waals surface area contributed by atoms with E-state index in [1.807, 2.05) is 6.92 Å². The molecule has 1 amide bonds. The molecule has 0 aliphatic heterocycles. The Hall–Kier alpha value is -0.770. The van der Waals surface area contributed by atoms with Crippen LogP contribution in [0.4, 0.5) is 4.79 Å². The molecule has 1 rings (SSSR count). The SMILES string of the molecule is CCCNC1(COC(=O)NCC)CCCCC1. The van der Waals surface area contributed by atoms with Crippen molar-refractivity contribution < 1.29 is 9.53 Å². The van der Waals surface area contributed by atoms with Gasteiger partial charge in [0.25, 0.3) is 0 Å². The van der Waals surface area contributed by atoms with Gasteiger partial charge in [0, 0.05) is 6.54 Å². The Balaban J connectivity index is 2.42. The van der Waals surface area contributed by atoms with Crippen molar-refractivity contribution in [3.63, 3.8) is 0 Å². The molecule has 100 valence electrons. The number of nitrogens with one attached hydrogen (secondary N) is 2. The third kappa shape index (κ3) is 4.94. The fourth-order valence-electron chi connectivity index (χ4n) is 2.39. The first-order valence-electron chi connectivity index (χ1n) is 6.88.